The van der Waals surface area contributed by atoms with E-state index in [4.69, 9.17) is 0 Å². The molecule has 2 N–H and O–H groups in total. The minimum atomic E-state index is -0.822. The zero-order valence-electron chi connectivity index (χ0n) is 13.9. The number of aliphatic hydroxyl groups is 1. The minimum absolute atomic E-state index is 0.128. The number of fused-ring (bicyclic) bond motifs is 1. The Bertz CT molecular complexity index is 668. The van der Waals surface area contributed by atoms with Crippen molar-refractivity contribution in [1.29, 1.82) is 0 Å². The van der Waals surface area contributed by atoms with Crippen LogP contribution in [0.25, 0.3) is 10.2 Å². The summed E-state index contributed by atoms with van der Waals surface area (Å²) in [4.78, 5) is 14.0. The summed E-state index contributed by atoms with van der Waals surface area (Å²) in [6.45, 7) is 8.33. The summed E-state index contributed by atoms with van der Waals surface area (Å²) in [7, 11) is 1.90. The normalized spacial score (nSPS) is 12.3. The quantitative estimate of drug-likeness (QED) is 0.858. The van der Waals surface area contributed by atoms with Gasteiger partial charge in [-0.25, -0.2) is 0 Å². The lowest BCUT2D eigenvalue weighted by molar-refractivity contribution is 0.0314. The second kappa shape index (κ2) is 6.38. The first-order valence-electron chi connectivity index (χ1n) is 7.78. The molecule has 2 aromatic rings. The van der Waals surface area contributed by atoms with E-state index in [0.29, 0.717) is 23.6 Å². The molecule has 1 amide bonds. The number of amides is 1. The molecule has 0 spiro atoms. The molecule has 0 aromatic carbocycles. The average molecular weight is 323 g/mol. The lowest BCUT2D eigenvalue weighted by Gasteiger charge is -2.25. The molecule has 0 saturated heterocycles. The van der Waals surface area contributed by atoms with Gasteiger partial charge in [0.15, 0.2) is 0 Å². The first-order valence-corrected chi connectivity index (χ1v) is 8.60. The fourth-order valence-corrected chi connectivity index (χ4v) is 3.43. The highest BCUT2D eigenvalue weighted by Crippen LogP contribution is 2.31. The summed E-state index contributed by atoms with van der Waals surface area (Å²) in [5.74, 6) is 0.190. The van der Waals surface area contributed by atoms with Gasteiger partial charge in [0.2, 0.25) is 0 Å². The fourth-order valence-electron chi connectivity index (χ4n) is 2.44. The van der Waals surface area contributed by atoms with E-state index in [9.17, 15) is 9.90 Å². The Morgan fingerprint density at radius 3 is 2.64 bits per heavy atom. The van der Waals surface area contributed by atoms with Crippen molar-refractivity contribution in [3.05, 3.63) is 16.6 Å². The van der Waals surface area contributed by atoms with Crippen molar-refractivity contribution in [2.24, 2.45) is 7.05 Å². The third kappa shape index (κ3) is 3.17. The zero-order valence-corrected chi connectivity index (χ0v) is 14.8. The molecule has 0 aliphatic heterocycles. The highest BCUT2D eigenvalue weighted by molar-refractivity contribution is 7.20. The number of nitrogens with zero attached hydrogens (tertiary/aromatic N) is 2. The van der Waals surface area contributed by atoms with Gasteiger partial charge in [-0.1, -0.05) is 27.7 Å². The van der Waals surface area contributed by atoms with Gasteiger partial charge in [0.1, 0.15) is 4.83 Å². The number of carbonyl (C=O) groups is 1. The molecule has 0 aliphatic carbocycles. The van der Waals surface area contributed by atoms with E-state index in [1.807, 2.05) is 31.6 Å². The predicted octanol–water partition coefficient (Wildman–Crippen LogP) is 3.04. The Labute approximate surface area is 135 Å². The van der Waals surface area contributed by atoms with Crippen LogP contribution in [0.3, 0.4) is 0 Å². The predicted molar refractivity (Wildman–Crippen MR) is 90.5 cm³/mol. The van der Waals surface area contributed by atoms with Crippen LogP contribution >= 0.6 is 11.3 Å². The number of carbonyl (C=O) groups excluding carboxylic acids is 1. The number of nitrogens with one attached hydrogen (secondary N) is 1. The molecule has 0 fully saturated rings. The van der Waals surface area contributed by atoms with E-state index < -0.39 is 5.60 Å². The largest absolute Gasteiger partial charge is 0.388 e. The number of rotatable bonds is 6. The first kappa shape index (κ1) is 17.0. The fraction of sp³-hybridized carbons (Fsp3) is 0.625. The van der Waals surface area contributed by atoms with Gasteiger partial charge in [0, 0.05) is 19.0 Å². The zero-order chi connectivity index (χ0) is 16.5. The molecule has 0 aliphatic rings. The monoisotopic (exact) mass is 323 g/mol. The molecule has 0 radical (unpaired) electrons. The first-order chi connectivity index (χ1) is 10.3. The smallest absolute Gasteiger partial charge is 0.261 e. The Kier molecular flexibility index (Phi) is 4.92. The summed E-state index contributed by atoms with van der Waals surface area (Å²) in [5.41, 5.74) is 0.197. The number of aryl methyl sites for hydroxylation is 1. The van der Waals surface area contributed by atoms with Crippen LogP contribution in [-0.2, 0) is 7.05 Å². The molecule has 22 heavy (non-hydrogen) atoms. The maximum absolute atomic E-state index is 12.3. The Morgan fingerprint density at radius 2 is 2.09 bits per heavy atom. The molecule has 2 rings (SSSR count). The second-order valence-corrected chi connectivity index (χ2v) is 7.14. The molecular formula is C16H25N3O2S. The van der Waals surface area contributed by atoms with E-state index in [-0.39, 0.29) is 12.5 Å². The van der Waals surface area contributed by atoms with Crippen molar-refractivity contribution < 1.29 is 9.90 Å². The molecule has 0 atom stereocenters. The molecule has 0 unspecified atom stereocenters. The number of aromatic nitrogens is 2. The van der Waals surface area contributed by atoms with Crippen LogP contribution in [0.15, 0.2) is 6.07 Å². The second-order valence-electron chi connectivity index (χ2n) is 6.11. The van der Waals surface area contributed by atoms with Crippen LogP contribution < -0.4 is 5.32 Å². The SMILES string of the molecule is CCC(O)(CC)CNC(=O)c1cc2c(C(C)C)nn(C)c2s1. The van der Waals surface area contributed by atoms with Gasteiger partial charge in [-0.2, -0.15) is 5.10 Å². The van der Waals surface area contributed by atoms with Crippen LogP contribution in [0.4, 0.5) is 0 Å². The van der Waals surface area contributed by atoms with Gasteiger partial charge in [-0.15, -0.1) is 11.3 Å². The lowest BCUT2D eigenvalue weighted by atomic mass is 9.97. The average Bonchev–Trinajstić information content (AvgIpc) is 3.05. The van der Waals surface area contributed by atoms with Gasteiger partial charge in [-0.05, 0) is 24.8 Å². The van der Waals surface area contributed by atoms with Crippen molar-refractivity contribution in [3.8, 4) is 0 Å². The molecule has 2 heterocycles. The van der Waals surface area contributed by atoms with Crippen molar-refractivity contribution >= 4 is 27.5 Å². The van der Waals surface area contributed by atoms with Crippen molar-refractivity contribution in [3.63, 3.8) is 0 Å². The van der Waals surface area contributed by atoms with Crippen molar-refractivity contribution in [1.82, 2.24) is 15.1 Å². The third-order valence-corrected chi connectivity index (χ3v) is 5.41. The van der Waals surface area contributed by atoms with Crippen LogP contribution in [0.2, 0.25) is 0 Å². The lowest BCUT2D eigenvalue weighted by Crippen LogP contribution is -2.41. The van der Waals surface area contributed by atoms with E-state index in [2.05, 4.69) is 24.3 Å². The van der Waals surface area contributed by atoms with E-state index in [1.54, 1.807) is 0 Å². The molecule has 6 heteroatoms. The summed E-state index contributed by atoms with van der Waals surface area (Å²) < 4.78 is 1.83. The van der Waals surface area contributed by atoms with Crippen LogP contribution in [0, 0.1) is 0 Å². The number of hydrogen-bond donors (Lipinski definition) is 2. The summed E-state index contributed by atoms with van der Waals surface area (Å²) in [6, 6.07) is 1.91. The Hall–Kier alpha value is -1.40. The van der Waals surface area contributed by atoms with Crippen LogP contribution in [0.1, 0.15) is 61.8 Å². The van der Waals surface area contributed by atoms with Gasteiger partial charge < -0.3 is 10.4 Å². The third-order valence-electron chi connectivity index (χ3n) is 4.20. The molecule has 122 valence electrons. The molecule has 5 nitrogen and oxygen atoms in total. The Morgan fingerprint density at radius 1 is 1.45 bits per heavy atom. The minimum Gasteiger partial charge on any atom is -0.388 e. The van der Waals surface area contributed by atoms with Gasteiger partial charge in [0.25, 0.3) is 5.91 Å². The summed E-state index contributed by atoms with van der Waals surface area (Å²) in [6.07, 6.45) is 1.25. The maximum atomic E-state index is 12.3. The standard InChI is InChI=1S/C16H25N3O2S/c1-6-16(21,7-2)9-17-14(20)12-8-11-13(10(3)4)18-19(5)15(11)22-12/h8,10,21H,6-7,9H2,1-5H3,(H,17,20). The van der Waals surface area contributed by atoms with Crippen LogP contribution in [-0.4, -0.2) is 32.9 Å². The number of thiophene rings is 1. The highest BCUT2D eigenvalue weighted by Gasteiger charge is 2.24. The molecule has 0 saturated carbocycles. The summed E-state index contributed by atoms with van der Waals surface area (Å²) in [5, 5.41) is 18.7. The molecular weight excluding hydrogens is 298 g/mol. The Balaban J connectivity index is 2.21. The van der Waals surface area contributed by atoms with Gasteiger partial charge >= 0.3 is 0 Å². The van der Waals surface area contributed by atoms with Crippen molar-refractivity contribution in [2.75, 3.05) is 6.54 Å². The molecule has 2 aromatic heterocycles. The van der Waals surface area contributed by atoms with E-state index in [1.165, 1.54) is 11.3 Å². The number of hydrogen-bond acceptors (Lipinski definition) is 4. The van der Waals surface area contributed by atoms with Crippen LogP contribution in [0.5, 0.6) is 0 Å². The van der Waals surface area contributed by atoms with E-state index >= 15 is 0 Å². The van der Waals surface area contributed by atoms with Gasteiger partial charge in [-0.3, -0.25) is 9.48 Å². The summed E-state index contributed by atoms with van der Waals surface area (Å²) >= 11 is 1.44. The maximum Gasteiger partial charge on any atom is 0.261 e. The topological polar surface area (TPSA) is 67.2 Å². The van der Waals surface area contributed by atoms with E-state index in [0.717, 1.165) is 15.9 Å². The highest BCUT2D eigenvalue weighted by atomic mass is 32.1. The van der Waals surface area contributed by atoms with Gasteiger partial charge in [0.05, 0.1) is 16.2 Å². The molecule has 0 bridgehead atoms. The van der Waals surface area contributed by atoms with Crippen molar-refractivity contribution in [2.45, 2.75) is 52.1 Å².